The highest BCUT2D eigenvalue weighted by atomic mass is 32.1. The molecule has 0 aliphatic rings. The van der Waals surface area contributed by atoms with Gasteiger partial charge in [-0.3, -0.25) is 0 Å². The molecule has 4 aromatic heterocycles. The minimum absolute atomic E-state index is 1.24. The van der Waals surface area contributed by atoms with Crippen LogP contribution in [0.4, 0.5) is 0 Å². The monoisotopic (exact) mass is 508 g/mol. The Morgan fingerprint density at radius 1 is 0.382 bits per heavy atom. The normalized spacial score (nSPS) is 12.0. The highest BCUT2D eigenvalue weighted by Crippen LogP contribution is 2.45. The van der Waals surface area contributed by atoms with E-state index in [0.717, 1.165) is 0 Å². The van der Waals surface area contributed by atoms with Gasteiger partial charge < -0.3 is 0 Å². The fourth-order valence-corrected chi connectivity index (χ4v) is 7.90. The molecule has 0 fully saturated rings. The summed E-state index contributed by atoms with van der Waals surface area (Å²) in [5, 5.41) is 4.30. The summed E-state index contributed by atoms with van der Waals surface area (Å²) < 4.78 is 0. The first-order valence-corrected chi connectivity index (χ1v) is 14.4. The Morgan fingerprint density at radius 2 is 0.824 bits per heavy atom. The smallest absolute Gasteiger partial charge is 0.0449 e. The van der Waals surface area contributed by atoms with Crippen molar-refractivity contribution in [1.29, 1.82) is 0 Å². The average Bonchev–Trinajstić information content (AvgIpc) is 3.70. The van der Waals surface area contributed by atoms with Crippen LogP contribution in [0.15, 0.2) is 120 Å². The van der Waals surface area contributed by atoms with Crippen LogP contribution in [0, 0.1) is 0 Å². The molecule has 6 aromatic rings. The third-order valence-corrected chi connectivity index (χ3v) is 9.94. The molecule has 0 aliphatic carbocycles. The Kier molecular flexibility index (Phi) is 6.13. The van der Waals surface area contributed by atoms with Gasteiger partial charge in [0.25, 0.3) is 0 Å². The second kappa shape index (κ2) is 9.69. The molecule has 0 spiro atoms. The second-order valence-electron chi connectivity index (χ2n) is 7.76. The largest absolute Gasteiger partial charge is 0.143 e. The van der Waals surface area contributed by atoms with Gasteiger partial charge >= 0.3 is 0 Å². The first-order chi connectivity index (χ1) is 16.9. The molecule has 4 heteroatoms. The van der Waals surface area contributed by atoms with Gasteiger partial charge in [-0.05, 0) is 58.3 Å². The zero-order valence-corrected chi connectivity index (χ0v) is 21.4. The van der Waals surface area contributed by atoms with E-state index in [-0.39, 0.29) is 0 Å². The summed E-state index contributed by atoms with van der Waals surface area (Å²) in [6.45, 7) is 0. The van der Waals surface area contributed by atoms with Crippen molar-refractivity contribution in [3.63, 3.8) is 0 Å². The molecule has 6 rings (SSSR count). The first-order valence-electron chi connectivity index (χ1n) is 11.0. The van der Waals surface area contributed by atoms with Crippen LogP contribution in [0.3, 0.4) is 0 Å². The molecule has 2 aromatic carbocycles. The lowest BCUT2D eigenvalue weighted by Gasteiger charge is -2.15. The van der Waals surface area contributed by atoms with Gasteiger partial charge in [0.1, 0.15) is 0 Å². The molecule has 4 heterocycles. The standard InChI is InChI=1S/C30H20S4/c1-3-9-21(10-4-1)29(27-17-15-25(33-27)23-13-7-19-31-23)30(22-11-5-2-6-12-22)28-18-16-26(34-28)24-14-8-20-32-24/h1-20H/b30-29+. The SMILES string of the molecule is c1ccc(/C(=C(/c2ccccc2)c2ccc(-c3cccs3)s2)c2ccc(-c3cccs3)s2)cc1. The minimum atomic E-state index is 1.24. The summed E-state index contributed by atoms with van der Waals surface area (Å²) in [7, 11) is 0. The van der Waals surface area contributed by atoms with Gasteiger partial charge in [-0.25, -0.2) is 0 Å². The van der Waals surface area contributed by atoms with Crippen molar-refractivity contribution < 1.29 is 0 Å². The van der Waals surface area contributed by atoms with Gasteiger partial charge in [0, 0.05) is 40.4 Å². The molecule has 0 nitrogen and oxygen atoms in total. The molecule has 0 amide bonds. The van der Waals surface area contributed by atoms with Crippen molar-refractivity contribution in [2.75, 3.05) is 0 Å². The van der Waals surface area contributed by atoms with Crippen molar-refractivity contribution in [3.8, 4) is 19.5 Å². The van der Waals surface area contributed by atoms with E-state index in [2.05, 4.69) is 120 Å². The van der Waals surface area contributed by atoms with Gasteiger partial charge in [-0.15, -0.1) is 45.3 Å². The van der Waals surface area contributed by atoms with Gasteiger partial charge in [-0.1, -0.05) is 72.8 Å². The lowest BCUT2D eigenvalue weighted by atomic mass is 9.92. The Labute approximate surface area is 215 Å². The summed E-state index contributed by atoms with van der Waals surface area (Å²) in [6, 6.07) is 39.4. The van der Waals surface area contributed by atoms with Crippen LogP contribution in [0.2, 0.25) is 0 Å². The van der Waals surface area contributed by atoms with Gasteiger partial charge in [0.15, 0.2) is 0 Å². The highest BCUT2D eigenvalue weighted by Gasteiger charge is 2.20. The van der Waals surface area contributed by atoms with Crippen LogP contribution in [0.1, 0.15) is 20.9 Å². The molecule has 0 unspecified atom stereocenters. The maximum Gasteiger partial charge on any atom is 0.0449 e. The fourth-order valence-electron chi connectivity index (χ4n) is 4.08. The lowest BCUT2D eigenvalue weighted by molar-refractivity contribution is 1.57. The number of benzene rings is 2. The minimum Gasteiger partial charge on any atom is -0.143 e. The molecule has 34 heavy (non-hydrogen) atoms. The van der Waals surface area contributed by atoms with E-state index in [4.69, 9.17) is 0 Å². The summed E-state index contributed by atoms with van der Waals surface area (Å²) in [5.41, 5.74) is 5.07. The summed E-state index contributed by atoms with van der Waals surface area (Å²) in [5.74, 6) is 0. The molecular weight excluding hydrogens is 489 g/mol. The number of hydrogen-bond acceptors (Lipinski definition) is 4. The Balaban J connectivity index is 1.61. The van der Waals surface area contributed by atoms with E-state index in [9.17, 15) is 0 Å². The van der Waals surface area contributed by atoms with Crippen LogP contribution in [-0.2, 0) is 0 Å². The number of hydrogen-bond donors (Lipinski definition) is 0. The van der Waals surface area contributed by atoms with Crippen LogP contribution < -0.4 is 0 Å². The van der Waals surface area contributed by atoms with Crippen molar-refractivity contribution in [3.05, 3.63) is 141 Å². The molecule has 164 valence electrons. The van der Waals surface area contributed by atoms with E-state index < -0.39 is 0 Å². The summed E-state index contributed by atoms with van der Waals surface area (Å²) >= 11 is 7.34. The van der Waals surface area contributed by atoms with Crippen LogP contribution >= 0.6 is 45.3 Å². The zero-order chi connectivity index (χ0) is 22.7. The van der Waals surface area contributed by atoms with Gasteiger partial charge in [0.05, 0.1) is 0 Å². The molecule has 0 saturated carbocycles. The molecule has 0 radical (unpaired) electrons. The second-order valence-corrected chi connectivity index (χ2v) is 11.8. The molecular formula is C30H20S4. The Morgan fingerprint density at radius 3 is 1.21 bits per heavy atom. The quantitative estimate of drug-likeness (QED) is 0.196. The van der Waals surface area contributed by atoms with Crippen molar-refractivity contribution in [2.45, 2.75) is 0 Å². The number of thiophene rings is 4. The van der Waals surface area contributed by atoms with Crippen LogP contribution in [-0.4, -0.2) is 0 Å². The van der Waals surface area contributed by atoms with E-state index in [1.807, 2.05) is 22.7 Å². The molecule has 0 N–H and O–H groups in total. The van der Waals surface area contributed by atoms with E-state index in [1.165, 1.54) is 51.5 Å². The third-order valence-electron chi connectivity index (χ3n) is 5.61. The van der Waals surface area contributed by atoms with Gasteiger partial charge in [0.2, 0.25) is 0 Å². The predicted octanol–water partition coefficient (Wildman–Crippen LogP) is 10.3. The maximum atomic E-state index is 2.29. The van der Waals surface area contributed by atoms with E-state index in [1.54, 1.807) is 22.7 Å². The van der Waals surface area contributed by atoms with E-state index >= 15 is 0 Å². The number of rotatable bonds is 6. The predicted molar refractivity (Wildman–Crippen MR) is 153 cm³/mol. The summed E-state index contributed by atoms with van der Waals surface area (Å²) in [4.78, 5) is 7.86. The van der Waals surface area contributed by atoms with Crippen molar-refractivity contribution in [2.24, 2.45) is 0 Å². The average molecular weight is 509 g/mol. The zero-order valence-electron chi connectivity index (χ0n) is 18.2. The Bertz CT molecular complexity index is 1400. The molecule has 0 atom stereocenters. The topological polar surface area (TPSA) is 0 Å². The van der Waals surface area contributed by atoms with Crippen LogP contribution in [0.25, 0.3) is 30.7 Å². The van der Waals surface area contributed by atoms with Gasteiger partial charge in [-0.2, -0.15) is 0 Å². The first kappa shape index (κ1) is 21.5. The molecule has 0 bridgehead atoms. The Hall–Kier alpha value is -3.02. The third kappa shape index (κ3) is 4.26. The highest BCUT2D eigenvalue weighted by molar-refractivity contribution is 7.23. The maximum absolute atomic E-state index is 2.29. The van der Waals surface area contributed by atoms with Crippen LogP contribution in [0.5, 0.6) is 0 Å². The van der Waals surface area contributed by atoms with Crippen molar-refractivity contribution in [1.82, 2.24) is 0 Å². The lowest BCUT2D eigenvalue weighted by Crippen LogP contribution is -1.94. The fraction of sp³-hybridized carbons (Fsp3) is 0. The summed E-state index contributed by atoms with van der Waals surface area (Å²) in [6.07, 6.45) is 0. The van der Waals surface area contributed by atoms with Crippen molar-refractivity contribution >= 4 is 56.5 Å². The van der Waals surface area contributed by atoms with E-state index in [0.29, 0.717) is 0 Å². The molecule has 0 saturated heterocycles. The molecule has 0 aliphatic heterocycles.